The molecule has 0 fully saturated rings. The Morgan fingerprint density at radius 2 is 1.77 bits per heavy atom. The molecule has 0 saturated heterocycles. The fourth-order valence-corrected chi connectivity index (χ4v) is 5.04. The number of carbonyl (C=O) groups is 1. The molecule has 162 valence electrons. The second kappa shape index (κ2) is 9.47. The average Bonchev–Trinajstić information content (AvgIpc) is 2.99. The van der Waals surface area contributed by atoms with E-state index >= 15 is 0 Å². The van der Waals surface area contributed by atoms with Gasteiger partial charge in [-0.05, 0) is 36.1 Å². The first-order valence-corrected chi connectivity index (χ1v) is 11.7. The molecule has 0 saturated carbocycles. The van der Waals surface area contributed by atoms with Gasteiger partial charge in [-0.2, -0.15) is 0 Å². The van der Waals surface area contributed by atoms with Crippen LogP contribution in [0.25, 0.3) is 0 Å². The van der Waals surface area contributed by atoms with E-state index in [2.05, 4.69) is 24.3 Å². The van der Waals surface area contributed by atoms with Crippen LogP contribution < -0.4 is 15.6 Å². The predicted octanol–water partition coefficient (Wildman–Crippen LogP) is 4.89. The van der Waals surface area contributed by atoms with Crippen LogP contribution in [0.1, 0.15) is 54.7 Å². The highest BCUT2D eigenvalue weighted by Crippen LogP contribution is 2.41. The lowest BCUT2D eigenvalue weighted by Crippen LogP contribution is -2.19. The molecule has 1 atom stereocenters. The molecular formula is C24H27N3O3S. The van der Waals surface area contributed by atoms with Crippen LogP contribution in [0.2, 0.25) is 0 Å². The molecule has 2 aromatic carbocycles. The van der Waals surface area contributed by atoms with E-state index in [0.29, 0.717) is 23.7 Å². The predicted molar refractivity (Wildman–Crippen MR) is 125 cm³/mol. The summed E-state index contributed by atoms with van der Waals surface area (Å²) in [6.07, 6.45) is 1.74. The van der Waals surface area contributed by atoms with E-state index in [-0.39, 0.29) is 22.8 Å². The van der Waals surface area contributed by atoms with E-state index in [4.69, 9.17) is 4.74 Å². The van der Waals surface area contributed by atoms with Gasteiger partial charge in [-0.1, -0.05) is 56.3 Å². The number of H-pyrrole nitrogens is 1. The summed E-state index contributed by atoms with van der Waals surface area (Å²) in [6, 6.07) is 17.9. The van der Waals surface area contributed by atoms with Crippen molar-refractivity contribution in [2.24, 2.45) is 0 Å². The number of thioether (sulfide) groups is 1. The lowest BCUT2D eigenvalue weighted by molar-refractivity contribution is -0.113. The highest BCUT2D eigenvalue weighted by atomic mass is 32.2. The maximum absolute atomic E-state index is 12.9. The molecule has 0 spiro atoms. The number of amides is 1. The van der Waals surface area contributed by atoms with Gasteiger partial charge in [0.1, 0.15) is 18.2 Å². The summed E-state index contributed by atoms with van der Waals surface area (Å²) in [5.74, 6) is 1.58. The molecule has 1 unspecified atom stereocenters. The third-order valence-electron chi connectivity index (χ3n) is 5.60. The van der Waals surface area contributed by atoms with E-state index in [9.17, 15) is 9.59 Å². The van der Waals surface area contributed by atoms with Crippen molar-refractivity contribution in [2.75, 3.05) is 11.1 Å². The van der Waals surface area contributed by atoms with Gasteiger partial charge in [0.05, 0.1) is 22.6 Å². The van der Waals surface area contributed by atoms with Crippen LogP contribution >= 0.6 is 11.8 Å². The van der Waals surface area contributed by atoms with Crippen LogP contribution in [-0.4, -0.2) is 21.4 Å². The van der Waals surface area contributed by atoms with Crippen molar-refractivity contribution >= 4 is 23.5 Å². The largest absolute Gasteiger partial charge is 0.489 e. The average molecular weight is 438 g/mol. The zero-order valence-corrected chi connectivity index (χ0v) is 18.6. The SMILES string of the molecule is CCC(CC)n1[nH]c(=O)c2c1NC(=O)CSC2c1ccc(OCc2ccccc2)cc1. The minimum absolute atomic E-state index is 0.0877. The number of aromatic nitrogens is 2. The zero-order chi connectivity index (χ0) is 21.8. The minimum Gasteiger partial charge on any atom is -0.489 e. The Hall–Kier alpha value is -2.93. The number of nitrogens with one attached hydrogen (secondary N) is 2. The standard InChI is InChI=1S/C24H27N3O3S/c1-3-18(4-2)27-23-21(24(29)26-27)22(31-15-20(28)25-23)17-10-12-19(13-11-17)30-14-16-8-6-5-7-9-16/h5-13,18,22H,3-4,14-15H2,1-2H3,(H,25,28)(H,26,29). The Balaban J connectivity index is 1.61. The summed E-state index contributed by atoms with van der Waals surface area (Å²) in [5.41, 5.74) is 2.55. The second-order valence-electron chi connectivity index (χ2n) is 7.63. The van der Waals surface area contributed by atoms with Crippen LogP contribution in [-0.2, 0) is 11.4 Å². The Kier molecular flexibility index (Phi) is 6.51. The molecule has 31 heavy (non-hydrogen) atoms. The number of anilines is 1. The van der Waals surface area contributed by atoms with Gasteiger partial charge in [0, 0.05) is 0 Å². The third kappa shape index (κ3) is 4.56. The lowest BCUT2D eigenvalue weighted by Gasteiger charge is -2.18. The molecule has 2 heterocycles. The van der Waals surface area contributed by atoms with Crippen molar-refractivity contribution in [3.63, 3.8) is 0 Å². The Labute approximate surface area is 186 Å². The maximum Gasteiger partial charge on any atom is 0.270 e. The number of carbonyl (C=O) groups excluding carboxylic acids is 1. The molecule has 2 N–H and O–H groups in total. The number of fused-ring (bicyclic) bond motifs is 1. The summed E-state index contributed by atoms with van der Waals surface area (Å²) < 4.78 is 7.73. The van der Waals surface area contributed by atoms with Crippen molar-refractivity contribution in [3.05, 3.63) is 81.6 Å². The molecule has 4 rings (SSSR count). The molecule has 7 heteroatoms. The summed E-state index contributed by atoms with van der Waals surface area (Å²) >= 11 is 1.47. The number of rotatable bonds is 7. The number of hydrogen-bond donors (Lipinski definition) is 2. The van der Waals surface area contributed by atoms with Gasteiger partial charge in [-0.25, -0.2) is 0 Å². The lowest BCUT2D eigenvalue weighted by atomic mass is 10.1. The van der Waals surface area contributed by atoms with Gasteiger partial charge in [-0.3, -0.25) is 19.4 Å². The first-order valence-electron chi connectivity index (χ1n) is 10.6. The molecule has 1 aliphatic heterocycles. The molecule has 3 aromatic rings. The summed E-state index contributed by atoms with van der Waals surface area (Å²) in [4.78, 5) is 25.3. The number of ether oxygens (including phenoxy) is 1. The van der Waals surface area contributed by atoms with Gasteiger partial charge in [0.25, 0.3) is 5.56 Å². The first kappa shape index (κ1) is 21.3. The van der Waals surface area contributed by atoms with E-state index < -0.39 is 0 Å². The van der Waals surface area contributed by atoms with Crippen LogP contribution in [0, 0.1) is 0 Å². The Morgan fingerprint density at radius 1 is 1.06 bits per heavy atom. The van der Waals surface area contributed by atoms with E-state index in [0.717, 1.165) is 29.7 Å². The van der Waals surface area contributed by atoms with Gasteiger partial charge >= 0.3 is 0 Å². The Bertz CT molecular complexity index is 1090. The van der Waals surface area contributed by atoms with Gasteiger partial charge in [-0.15, -0.1) is 11.8 Å². The van der Waals surface area contributed by atoms with Crippen molar-refractivity contribution in [2.45, 2.75) is 44.6 Å². The zero-order valence-electron chi connectivity index (χ0n) is 17.8. The van der Waals surface area contributed by atoms with Crippen LogP contribution in [0.5, 0.6) is 5.75 Å². The molecule has 1 amide bonds. The number of hydrogen-bond acceptors (Lipinski definition) is 4. The summed E-state index contributed by atoms with van der Waals surface area (Å²) in [7, 11) is 0. The molecule has 0 aliphatic carbocycles. The molecule has 1 aliphatic rings. The fraction of sp³-hybridized carbons (Fsp3) is 0.333. The highest BCUT2D eigenvalue weighted by molar-refractivity contribution is 8.00. The molecular weight excluding hydrogens is 410 g/mol. The summed E-state index contributed by atoms with van der Waals surface area (Å²) in [6.45, 7) is 4.66. The highest BCUT2D eigenvalue weighted by Gasteiger charge is 2.31. The topological polar surface area (TPSA) is 76.1 Å². The number of aromatic amines is 1. The van der Waals surface area contributed by atoms with Crippen molar-refractivity contribution in [3.8, 4) is 5.75 Å². The monoisotopic (exact) mass is 437 g/mol. The molecule has 0 bridgehead atoms. The smallest absolute Gasteiger partial charge is 0.270 e. The van der Waals surface area contributed by atoms with E-state index in [1.54, 1.807) is 0 Å². The molecule has 1 aromatic heterocycles. The van der Waals surface area contributed by atoms with Gasteiger partial charge < -0.3 is 10.1 Å². The van der Waals surface area contributed by atoms with Gasteiger partial charge in [0.15, 0.2) is 0 Å². The first-order chi connectivity index (χ1) is 15.1. The van der Waals surface area contributed by atoms with Crippen molar-refractivity contribution < 1.29 is 9.53 Å². The number of benzene rings is 2. The fourth-order valence-electron chi connectivity index (χ4n) is 3.91. The quantitative estimate of drug-likeness (QED) is 0.552. The second-order valence-corrected chi connectivity index (χ2v) is 8.72. The van der Waals surface area contributed by atoms with Crippen molar-refractivity contribution in [1.82, 2.24) is 9.78 Å². The molecule has 6 nitrogen and oxygen atoms in total. The van der Waals surface area contributed by atoms with E-state index in [1.165, 1.54) is 11.8 Å². The van der Waals surface area contributed by atoms with Crippen LogP contribution in [0.15, 0.2) is 59.4 Å². The van der Waals surface area contributed by atoms with Crippen LogP contribution in [0.3, 0.4) is 0 Å². The van der Waals surface area contributed by atoms with E-state index in [1.807, 2.05) is 59.3 Å². The van der Waals surface area contributed by atoms with Crippen molar-refractivity contribution in [1.29, 1.82) is 0 Å². The normalized spacial score (nSPS) is 16.0. The minimum atomic E-state index is -0.225. The van der Waals surface area contributed by atoms with Gasteiger partial charge in [0.2, 0.25) is 5.91 Å². The Morgan fingerprint density at radius 3 is 2.45 bits per heavy atom. The number of nitrogens with zero attached hydrogens (tertiary/aromatic N) is 1. The third-order valence-corrected chi connectivity index (χ3v) is 6.87. The summed E-state index contributed by atoms with van der Waals surface area (Å²) in [5, 5.41) is 5.70. The van der Waals surface area contributed by atoms with Crippen LogP contribution in [0.4, 0.5) is 5.82 Å². The molecule has 0 radical (unpaired) electrons. The maximum atomic E-state index is 12.9.